The zero-order valence-corrected chi connectivity index (χ0v) is 10.1. The van der Waals surface area contributed by atoms with Crippen molar-refractivity contribution in [3.63, 3.8) is 0 Å². The van der Waals surface area contributed by atoms with Gasteiger partial charge in [-0.25, -0.2) is 0 Å². The Morgan fingerprint density at radius 3 is 2.35 bits per heavy atom. The first-order valence-electron chi connectivity index (χ1n) is 5.19. The minimum atomic E-state index is 0.0679. The summed E-state index contributed by atoms with van der Waals surface area (Å²) in [5, 5.41) is 0.372. The van der Waals surface area contributed by atoms with Crippen LogP contribution in [0.5, 0.6) is 0 Å². The van der Waals surface area contributed by atoms with Gasteiger partial charge in [-0.1, -0.05) is 30.3 Å². The Labute approximate surface area is 105 Å². The molecule has 0 atom stereocenters. The summed E-state index contributed by atoms with van der Waals surface area (Å²) in [5.41, 5.74) is 1.71. The quantitative estimate of drug-likeness (QED) is 0.756. The van der Waals surface area contributed by atoms with Gasteiger partial charge in [0.05, 0.1) is 0 Å². The lowest BCUT2D eigenvalue weighted by molar-refractivity contribution is 0.101. The number of hydrogen-bond donors (Lipinski definition) is 0. The van der Waals surface area contributed by atoms with Crippen molar-refractivity contribution in [2.75, 3.05) is 0 Å². The average molecular weight is 247 g/mol. The zero-order chi connectivity index (χ0) is 12.3. The number of benzene rings is 1. The van der Waals surface area contributed by atoms with E-state index in [1.165, 1.54) is 0 Å². The highest BCUT2D eigenvalue weighted by molar-refractivity contribution is 6.28. The van der Waals surface area contributed by atoms with Gasteiger partial charge in [0, 0.05) is 5.56 Å². The highest BCUT2D eigenvalue weighted by atomic mass is 35.5. The largest absolute Gasteiger partial charge is 0.445 e. The van der Waals surface area contributed by atoms with Gasteiger partial charge >= 0.3 is 0 Å². The van der Waals surface area contributed by atoms with Crippen LogP contribution < -0.4 is 0 Å². The summed E-state index contributed by atoms with van der Waals surface area (Å²) in [7, 11) is 0. The van der Waals surface area contributed by atoms with Gasteiger partial charge in [0.25, 0.3) is 0 Å². The topological polar surface area (TPSA) is 30.2 Å². The second-order valence-electron chi connectivity index (χ2n) is 3.65. The molecule has 1 heterocycles. The van der Waals surface area contributed by atoms with Crippen molar-refractivity contribution in [1.82, 2.24) is 0 Å². The number of rotatable bonds is 3. The van der Waals surface area contributed by atoms with E-state index in [0.29, 0.717) is 16.5 Å². The molecule has 0 aliphatic heterocycles. The van der Waals surface area contributed by atoms with Crippen LogP contribution >= 0.6 is 11.6 Å². The molecular formula is C14H11ClO2. The summed E-state index contributed by atoms with van der Waals surface area (Å²) in [6.45, 7) is 1.55. The molecule has 0 spiro atoms. The number of ketones is 1. The number of carbonyl (C=O) groups excluding carboxylic acids is 1. The maximum Gasteiger partial charge on any atom is 0.193 e. The van der Waals surface area contributed by atoms with E-state index in [1.807, 2.05) is 24.3 Å². The number of halogens is 1. The Hall–Kier alpha value is -1.80. The predicted molar refractivity (Wildman–Crippen MR) is 69.1 cm³/mol. The number of Topliss-reactive ketones (excluding diaryl/α,β-unsaturated/α-hetero) is 1. The molecule has 1 aromatic heterocycles. The lowest BCUT2D eigenvalue weighted by atomic mass is 10.1. The molecule has 0 aliphatic rings. The van der Waals surface area contributed by atoms with Crippen LogP contribution in [-0.4, -0.2) is 5.78 Å². The van der Waals surface area contributed by atoms with Crippen LogP contribution in [0.4, 0.5) is 0 Å². The summed E-state index contributed by atoms with van der Waals surface area (Å²) in [4.78, 5) is 11.1. The van der Waals surface area contributed by atoms with Crippen LogP contribution in [0.1, 0.15) is 28.6 Å². The van der Waals surface area contributed by atoms with E-state index < -0.39 is 0 Å². The third-order valence-electron chi connectivity index (χ3n) is 2.35. The summed E-state index contributed by atoms with van der Waals surface area (Å²) in [5.74, 6) is 0.768. The molecule has 2 rings (SSSR count). The van der Waals surface area contributed by atoms with E-state index in [2.05, 4.69) is 0 Å². The maximum atomic E-state index is 11.1. The van der Waals surface area contributed by atoms with Crippen molar-refractivity contribution < 1.29 is 9.21 Å². The fourth-order valence-corrected chi connectivity index (χ4v) is 1.58. The first-order valence-corrected chi connectivity index (χ1v) is 5.57. The molecule has 0 amide bonds. The monoisotopic (exact) mass is 246 g/mol. The molecule has 86 valence electrons. The normalized spacial score (nSPS) is 10.9. The number of carbonyl (C=O) groups is 1. The Morgan fingerprint density at radius 2 is 1.82 bits per heavy atom. The molecule has 0 unspecified atom stereocenters. The van der Waals surface area contributed by atoms with Crippen LogP contribution in [0.2, 0.25) is 5.22 Å². The standard InChI is InChI=1S/C14H11ClO2/c1-10(16)12-5-2-11(3-6-12)4-7-13-8-9-14(15)17-13/h2-9H,1H3/b7-4+. The van der Waals surface area contributed by atoms with Gasteiger partial charge in [-0.05, 0) is 42.3 Å². The van der Waals surface area contributed by atoms with E-state index in [1.54, 1.807) is 31.2 Å². The van der Waals surface area contributed by atoms with Crippen molar-refractivity contribution in [2.45, 2.75) is 6.92 Å². The smallest absolute Gasteiger partial charge is 0.193 e. The minimum absolute atomic E-state index is 0.0679. The highest BCUT2D eigenvalue weighted by Gasteiger charge is 1.98. The van der Waals surface area contributed by atoms with E-state index in [4.69, 9.17) is 16.0 Å². The van der Waals surface area contributed by atoms with Crippen LogP contribution in [-0.2, 0) is 0 Å². The van der Waals surface area contributed by atoms with Crippen molar-refractivity contribution >= 4 is 29.5 Å². The fourth-order valence-electron chi connectivity index (χ4n) is 1.43. The van der Waals surface area contributed by atoms with Gasteiger partial charge in [0.2, 0.25) is 0 Å². The van der Waals surface area contributed by atoms with Gasteiger partial charge < -0.3 is 4.42 Å². The average Bonchev–Trinajstić information content (AvgIpc) is 2.73. The molecule has 0 bridgehead atoms. The Morgan fingerprint density at radius 1 is 1.12 bits per heavy atom. The number of hydrogen-bond acceptors (Lipinski definition) is 2. The first-order chi connectivity index (χ1) is 8.15. The predicted octanol–water partition coefficient (Wildman–Crippen LogP) is 4.31. The minimum Gasteiger partial charge on any atom is -0.445 e. The number of furan rings is 1. The van der Waals surface area contributed by atoms with Crippen molar-refractivity contribution in [1.29, 1.82) is 0 Å². The molecule has 0 radical (unpaired) electrons. The zero-order valence-electron chi connectivity index (χ0n) is 9.31. The van der Waals surface area contributed by atoms with Crippen molar-refractivity contribution in [2.24, 2.45) is 0 Å². The first kappa shape index (κ1) is 11.7. The van der Waals surface area contributed by atoms with Crippen LogP contribution in [0.3, 0.4) is 0 Å². The van der Waals surface area contributed by atoms with Crippen LogP contribution in [0, 0.1) is 0 Å². The second-order valence-corrected chi connectivity index (χ2v) is 4.03. The summed E-state index contributed by atoms with van der Waals surface area (Å²) in [6.07, 6.45) is 3.73. The summed E-state index contributed by atoms with van der Waals surface area (Å²) in [6, 6.07) is 10.9. The lowest BCUT2D eigenvalue weighted by Gasteiger charge is -1.96. The van der Waals surface area contributed by atoms with E-state index >= 15 is 0 Å². The van der Waals surface area contributed by atoms with E-state index in [0.717, 1.165) is 5.56 Å². The molecule has 3 heteroatoms. The molecular weight excluding hydrogens is 236 g/mol. The molecule has 17 heavy (non-hydrogen) atoms. The molecule has 0 fully saturated rings. The SMILES string of the molecule is CC(=O)c1ccc(/C=C/c2ccc(Cl)o2)cc1. The van der Waals surface area contributed by atoms with E-state index in [-0.39, 0.29) is 5.78 Å². The highest BCUT2D eigenvalue weighted by Crippen LogP contribution is 2.16. The molecule has 0 saturated heterocycles. The van der Waals surface area contributed by atoms with Crippen molar-refractivity contribution in [3.05, 3.63) is 58.5 Å². The fraction of sp³-hybridized carbons (Fsp3) is 0.0714. The van der Waals surface area contributed by atoms with Crippen molar-refractivity contribution in [3.8, 4) is 0 Å². The van der Waals surface area contributed by atoms with Crippen LogP contribution in [0.15, 0.2) is 40.8 Å². The maximum absolute atomic E-state index is 11.1. The second kappa shape index (κ2) is 5.02. The third kappa shape index (κ3) is 3.08. The molecule has 1 aromatic carbocycles. The van der Waals surface area contributed by atoms with Gasteiger partial charge in [-0.15, -0.1) is 0 Å². The summed E-state index contributed by atoms with van der Waals surface area (Å²) < 4.78 is 5.19. The van der Waals surface area contributed by atoms with Gasteiger partial charge in [-0.2, -0.15) is 0 Å². The van der Waals surface area contributed by atoms with Gasteiger partial charge in [0.1, 0.15) is 5.76 Å². The third-order valence-corrected chi connectivity index (χ3v) is 2.55. The molecule has 0 N–H and O–H groups in total. The van der Waals surface area contributed by atoms with Gasteiger partial charge in [-0.3, -0.25) is 4.79 Å². The van der Waals surface area contributed by atoms with E-state index in [9.17, 15) is 4.79 Å². The Balaban J connectivity index is 2.13. The van der Waals surface area contributed by atoms with Crippen LogP contribution in [0.25, 0.3) is 12.2 Å². The summed E-state index contributed by atoms with van der Waals surface area (Å²) >= 11 is 5.66. The molecule has 2 aromatic rings. The Bertz CT molecular complexity index is 550. The Kier molecular flexibility index (Phi) is 3.45. The van der Waals surface area contributed by atoms with Gasteiger partial charge in [0.15, 0.2) is 11.0 Å². The molecule has 0 saturated carbocycles. The molecule has 2 nitrogen and oxygen atoms in total. The lowest BCUT2D eigenvalue weighted by Crippen LogP contribution is -1.90. The molecule has 0 aliphatic carbocycles.